The Labute approximate surface area is 136 Å². The van der Waals surface area contributed by atoms with Crippen molar-refractivity contribution >= 4 is 8.32 Å². The van der Waals surface area contributed by atoms with Crippen molar-refractivity contribution in [2.75, 3.05) is 7.11 Å². The van der Waals surface area contributed by atoms with Crippen molar-refractivity contribution in [1.82, 2.24) is 0 Å². The second-order valence-electron chi connectivity index (χ2n) is 7.43. The Morgan fingerprint density at radius 1 is 1.23 bits per heavy atom. The van der Waals surface area contributed by atoms with Crippen LogP contribution in [0, 0.1) is 0 Å². The molecule has 0 saturated carbocycles. The number of hydrogen-bond donors (Lipinski definition) is 1. The Morgan fingerprint density at radius 2 is 1.86 bits per heavy atom. The third-order valence-electron chi connectivity index (χ3n) is 4.62. The molecule has 126 valence electrons. The summed E-state index contributed by atoms with van der Waals surface area (Å²) in [6.45, 7) is 13.9. The minimum absolute atomic E-state index is 0.203. The van der Waals surface area contributed by atoms with Gasteiger partial charge in [-0.3, -0.25) is 0 Å². The van der Waals surface area contributed by atoms with Crippen molar-refractivity contribution in [3.8, 4) is 5.75 Å². The van der Waals surface area contributed by atoms with Crippen LogP contribution in [0.3, 0.4) is 0 Å². The van der Waals surface area contributed by atoms with Crippen molar-refractivity contribution in [3.63, 3.8) is 0 Å². The summed E-state index contributed by atoms with van der Waals surface area (Å²) < 4.78 is 11.7. The van der Waals surface area contributed by atoms with Crippen LogP contribution in [-0.2, 0) is 11.0 Å². The fourth-order valence-electron chi connectivity index (χ4n) is 2.03. The van der Waals surface area contributed by atoms with Crippen molar-refractivity contribution in [1.29, 1.82) is 0 Å². The monoisotopic (exact) mass is 324 g/mol. The fraction of sp³-hybridized carbons (Fsp3) is 0.667. The van der Waals surface area contributed by atoms with E-state index in [2.05, 4.69) is 40.8 Å². The molecule has 0 fully saturated rings. The Bertz CT molecular complexity index is 478. The van der Waals surface area contributed by atoms with E-state index in [9.17, 15) is 5.11 Å². The van der Waals surface area contributed by atoms with E-state index in [1.54, 1.807) is 7.11 Å². The number of rotatable bonds is 7. The fourth-order valence-corrected chi connectivity index (χ4v) is 2.99. The summed E-state index contributed by atoms with van der Waals surface area (Å²) in [6, 6.07) is 5.98. The molecule has 0 aromatic heterocycles. The molecule has 1 N–H and O–H groups in total. The average Bonchev–Trinajstić information content (AvgIpc) is 2.43. The van der Waals surface area contributed by atoms with Gasteiger partial charge in [-0.2, -0.15) is 0 Å². The van der Waals surface area contributed by atoms with Gasteiger partial charge in [0.05, 0.1) is 19.8 Å². The summed E-state index contributed by atoms with van der Waals surface area (Å²) in [4.78, 5) is 0. The number of benzene rings is 1. The Balaban J connectivity index is 2.86. The van der Waals surface area contributed by atoms with Crippen LogP contribution >= 0.6 is 0 Å². The van der Waals surface area contributed by atoms with Crippen LogP contribution in [0.5, 0.6) is 5.75 Å². The van der Waals surface area contributed by atoms with Gasteiger partial charge in [-0.05, 0) is 36.2 Å². The van der Waals surface area contributed by atoms with Gasteiger partial charge in [0.15, 0.2) is 8.32 Å². The third-order valence-corrected chi connectivity index (χ3v) is 9.10. The van der Waals surface area contributed by atoms with Gasteiger partial charge < -0.3 is 14.3 Å². The third kappa shape index (κ3) is 4.83. The lowest BCUT2D eigenvalue weighted by molar-refractivity contribution is 0.162. The summed E-state index contributed by atoms with van der Waals surface area (Å²) in [5.41, 5.74) is 1.95. The molecule has 0 spiro atoms. The molecular formula is C18H32O3Si. The number of hydrogen-bond acceptors (Lipinski definition) is 3. The maximum absolute atomic E-state index is 10.2. The lowest BCUT2D eigenvalue weighted by atomic mass is 10.0. The molecule has 0 amide bonds. The molecular weight excluding hydrogens is 292 g/mol. The van der Waals surface area contributed by atoms with E-state index in [0.717, 1.165) is 29.7 Å². The quantitative estimate of drug-likeness (QED) is 0.713. The van der Waals surface area contributed by atoms with Crippen LogP contribution < -0.4 is 4.74 Å². The van der Waals surface area contributed by atoms with Crippen molar-refractivity contribution in [2.45, 2.75) is 71.4 Å². The molecule has 1 aromatic carbocycles. The molecule has 0 aliphatic rings. The van der Waals surface area contributed by atoms with Gasteiger partial charge >= 0.3 is 0 Å². The van der Waals surface area contributed by atoms with Gasteiger partial charge in [0.1, 0.15) is 5.75 Å². The molecule has 1 rings (SSSR count). The molecule has 4 heteroatoms. The van der Waals surface area contributed by atoms with E-state index >= 15 is 0 Å². The molecule has 0 aliphatic carbocycles. The predicted octanol–water partition coefficient (Wildman–Crippen LogP) is 5.05. The van der Waals surface area contributed by atoms with Crippen LogP contribution in [0.1, 0.15) is 57.8 Å². The van der Waals surface area contributed by atoms with Crippen LogP contribution in [0.2, 0.25) is 18.1 Å². The lowest BCUT2D eigenvalue weighted by Gasteiger charge is -2.36. The first-order valence-electron chi connectivity index (χ1n) is 8.11. The first kappa shape index (κ1) is 19.2. The van der Waals surface area contributed by atoms with E-state index in [4.69, 9.17) is 9.16 Å². The van der Waals surface area contributed by atoms with Crippen molar-refractivity contribution < 1.29 is 14.3 Å². The first-order valence-corrected chi connectivity index (χ1v) is 11.0. The van der Waals surface area contributed by atoms with E-state index < -0.39 is 14.4 Å². The highest BCUT2D eigenvalue weighted by atomic mass is 28.4. The Kier molecular flexibility index (Phi) is 6.65. The zero-order valence-electron chi connectivity index (χ0n) is 15.2. The van der Waals surface area contributed by atoms with Gasteiger partial charge in [0.25, 0.3) is 0 Å². The molecule has 1 atom stereocenters. The molecule has 0 heterocycles. The highest BCUT2D eigenvalue weighted by Gasteiger charge is 2.37. The molecule has 0 saturated heterocycles. The standard InChI is InChI=1S/C18H32O3Si/c1-8-9-16(19)15-11-10-14(12-17(15)20-5)13-21-22(6,7)18(2,3)4/h10-12,16,19H,8-9,13H2,1-7H3. The highest BCUT2D eigenvalue weighted by molar-refractivity contribution is 6.74. The minimum Gasteiger partial charge on any atom is -0.496 e. The van der Waals surface area contributed by atoms with E-state index in [1.807, 2.05) is 18.2 Å². The zero-order valence-corrected chi connectivity index (χ0v) is 16.2. The molecule has 1 aromatic rings. The lowest BCUT2D eigenvalue weighted by Crippen LogP contribution is -2.40. The summed E-state index contributed by atoms with van der Waals surface area (Å²) in [5, 5.41) is 10.4. The number of ether oxygens (including phenoxy) is 1. The number of aliphatic hydroxyl groups excluding tert-OH is 1. The predicted molar refractivity (Wildman–Crippen MR) is 94.8 cm³/mol. The summed E-state index contributed by atoms with van der Waals surface area (Å²) in [5.74, 6) is 0.747. The van der Waals surface area contributed by atoms with Gasteiger partial charge in [-0.1, -0.05) is 46.2 Å². The summed E-state index contributed by atoms with van der Waals surface area (Å²) >= 11 is 0. The molecule has 3 nitrogen and oxygen atoms in total. The number of methoxy groups -OCH3 is 1. The van der Waals surface area contributed by atoms with Gasteiger partial charge in [-0.15, -0.1) is 0 Å². The second kappa shape index (κ2) is 7.62. The highest BCUT2D eigenvalue weighted by Crippen LogP contribution is 2.37. The SMILES string of the molecule is CCCC(O)c1ccc(CO[Si](C)(C)C(C)(C)C)cc1OC. The van der Waals surface area contributed by atoms with E-state index in [1.165, 1.54) is 0 Å². The molecule has 0 bridgehead atoms. The van der Waals surface area contributed by atoms with Crippen LogP contribution in [-0.4, -0.2) is 20.5 Å². The minimum atomic E-state index is -1.75. The maximum atomic E-state index is 10.2. The van der Waals surface area contributed by atoms with Crippen LogP contribution in [0.15, 0.2) is 18.2 Å². The summed E-state index contributed by atoms with van der Waals surface area (Å²) in [7, 11) is -0.105. The van der Waals surface area contributed by atoms with E-state index in [0.29, 0.717) is 6.61 Å². The second-order valence-corrected chi connectivity index (χ2v) is 12.2. The molecule has 22 heavy (non-hydrogen) atoms. The van der Waals surface area contributed by atoms with Crippen molar-refractivity contribution in [2.24, 2.45) is 0 Å². The molecule has 1 unspecified atom stereocenters. The molecule has 0 aliphatic heterocycles. The zero-order chi connectivity index (χ0) is 17.0. The topological polar surface area (TPSA) is 38.7 Å². The van der Waals surface area contributed by atoms with Crippen LogP contribution in [0.25, 0.3) is 0 Å². The Morgan fingerprint density at radius 3 is 2.36 bits per heavy atom. The number of aliphatic hydroxyl groups is 1. The van der Waals surface area contributed by atoms with E-state index in [-0.39, 0.29) is 5.04 Å². The van der Waals surface area contributed by atoms with Crippen molar-refractivity contribution in [3.05, 3.63) is 29.3 Å². The van der Waals surface area contributed by atoms with Gasteiger partial charge in [0, 0.05) is 5.56 Å². The smallest absolute Gasteiger partial charge is 0.192 e. The average molecular weight is 325 g/mol. The Hall–Kier alpha value is -0.843. The largest absolute Gasteiger partial charge is 0.496 e. The first-order chi connectivity index (χ1) is 10.1. The molecule has 0 radical (unpaired) electrons. The van der Waals surface area contributed by atoms with Gasteiger partial charge in [-0.25, -0.2) is 0 Å². The van der Waals surface area contributed by atoms with Gasteiger partial charge in [0.2, 0.25) is 0 Å². The van der Waals surface area contributed by atoms with Crippen LogP contribution in [0.4, 0.5) is 0 Å². The maximum Gasteiger partial charge on any atom is 0.192 e. The normalized spacial score (nSPS) is 14.0. The summed E-state index contributed by atoms with van der Waals surface area (Å²) in [6.07, 6.45) is 1.23.